The molecule has 8 heavy (non-hydrogen) atoms. The molecule has 0 radical (unpaired) electrons. The van der Waals surface area contributed by atoms with Gasteiger partial charge in [0, 0.05) is 12.3 Å². The first-order chi connectivity index (χ1) is 3.68. The smallest absolute Gasteiger partial charge is 0.220 e. The van der Waals surface area contributed by atoms with Crippen LogP contribution in [0.25, 0.3) is 0 Å². The number of amides is 1. The van der Waals surface area contributed by atoms with Crippen LogP contribution in [0.15, 0.2) is 0 Å². The monoisotopic (exact) mass is 115 g/mol. The van der Waals surface area contributed by atoms with Gasteiger partial charge in [0.1, 0.15) is 6.29 Å². The number of rotatable bonds is 3. The number of hydrogen-bond acceptors (Lipinski definition) is 2. The Labute approximate surface area is 47.9 Å². The number of carbonyl (C=O) groups is 2. The molecule has 46 valence electrons. The molecular formula is C5H9NO2. The standard InChI is InChI=1S/C5H9NO2/c1-4(2-3-7)5(6)8/h3-4H,2H2,1H3,(H2,6,8)/t4-/m1/s1. The highest BCUT2D eigenvalue weighted by atomic mass is 16.1. The molecule has 2 N–H and O–H groups in total. The van der Waals surface area contributed by atoms with E-state index in [-0.39, 0.29) is 12.3 Å². The largest absolute Gasteiger partial charge is 0.369 e. The molecule has 0 heterocycles. The van der Waals surface area contributed by atoms with E-state index in [9.17, 15) is 9.59 Å². The molecule has 0 aromatic rings. The average Bonchev–Trinajstić information content (AvgIpc) is 1.67. The maximum absolute atomic E-state index is 10.2. The van der Waals surface area contributed by atoms with Crippen LogP contribution in [0.5, 0.6) is 0 Å². The second-order valence-electron chi connectivity index (χ2n) is 1.71. The van der Waals surface area contributed by atoms with Crippen molar-refractivity contribution >= 4 is 12.2 Å². The third-order valence-corrected chi connectivity index (χ3v) is 0.935. The van der Waals surface area contributed by atoms with Crippen molar-refractivity contribution < 1.29 is 9.59 Å². The van der Waals surface area contributed by atoms with Gasteiger partial charge in [-0.1, -0.05) is 6.92 Å². The lowest BCUT2D eigenvalue weighted by Crippen LogP contribution is -2.20. The summed E-state index contributed by atoms with van der Waals surface area (Å²) < 4.78 is 0. The molecule has 0 saturated heterocycles. The van der Waals surface area contributed by atoms with Crippen LogP contribution in [0.2, 0.25) is 0 Å². The summed E-state index contributed by atoms with van der Waals surface area (Å²) in [5.74, 6) is -0.732. The van der Waals surface area contributed by atoms with Crippen LogP contribution in [0.1, 0.15) is 13.3 Å². The van der Waals surface area contributed by atoms with Gasteiger partial charge in [-0.05, 0) is 0 Å². The summed E-state index contributed by atoms with van der Waals surface area (Å²) in [6.07, 6.45) is 0.921. The minimum atomic E-state index is -0.419. The molecule has 1 amide bonds. The van der Waals surface area contributed by atoms with Gasteiger partial charge >= 0.3 is 0 Å². The molecule has 0 aromatic carbocycles. The first-order valence-electron chi connectivity index (χ1n) is 2.41. The molecule has 3 nitrogen and oxygen atoms in total. The minimum Gasteiger partial charge on any atom is -0.369 e. The van der Waals surface area contributed by atoms with Gasteiger partial charge in [0.15, 0.2) is 0 Å². The highest BCUT2D eigenvalue weighted by molar-refractivity contribution is 5.78. The Kier molecular flexibility index (Phi) is 2.84. The lowest BCUT2D eigenvalue weighted by Gasteiger charge is -1.97. The fraction of sp³-hybridized carbons (Fsp3) is 0.600. The minimum absolute atomic E-state index is 0.231. The maximum atomic E-state index is 10.2. The molecular weight excluding hydrogens is 106 g/mol. The molecule has 0 bridgehead atoms. The Morgan fingerprint density at radius 3 is 2.50 bits per heavy atom. The van der Waals surface area contributed by atoms with Crippen LogP contribution in [0.3, 0.4) is 0 Å². The molecule has 0 aliphatic rings. The third-order valence-electron chi connectivity index (χ3n) is 0.935. The predicted octanol–water partition coefficient (Wildman–Crippen LogP) is -0.303. The van der Waals surface area contributed by atoms with Crippen LogP contribution in [0.4, 0.5) is 0 Å². The van der Waals surface area contributed by atoms with E-state index in [1.165, 1.54) is 0 Å². The van der Waals surface area contributed by atoms with E-state index in [0.29, 0.717) is 6.29 Å². The Hall–Kier alpha value is -0.860. The van der Waals surface area contributed by atoms with Crippen molar-refractivity contribution in [3.05, 3.63) is 0 Å². The summed E-state index contributed by atoms with van der Waals surface area (Å²) >= 11 is 0. The van der Waals surface area contributed by atoms with Crippen molar-refractivity contribution in [1.29, 1.82) is 0 Å². The zero-order chi connectivity index (χ0) is 6.57. The number of nitrogens with two attached hydrogens (primary N) is 1. The molecule has 0 aliphatic carbocycles. The van der Waals surface area contributed by atoms with Crippen molar-refractivity contribution in [1.82, 2.24) is 0 Å². The van der Waals surface area contributed by atoms with E-state index in [1.54, 1.807) is 6.92 Å². The summed E-state index contributed by atoms with van der Waals surface area (Å²) in [6, 6.07) is 0. The van der Waals surface area contributed by atoms with Crippen LogP contribution < -0.4 is 5.73 Å². The second-order valence-corrected chi connectivity index (χ2v) is 1.71. The highest BCUT2D eigenvalue weighted by Crippen LogP contribution is 1.94. The molecule has 0 spiro atoms. The average molecular weight is 115 g/mol. The summed E-state index contributed by atoms with van der Waals surface area (Å²) in [4.78, 5) is 19.9. The Morgan fingerprint density at radius 1 is 1.88 bits per heavy atom. The molecule has 0 rings (SSSR count). The summed E-state index contributed by atoms with van der Waals surface area (Å²) in [7, 11) is 0. The third kappa shape index (κ3) is 2.34. The fourth-order valence-electron chi connectivity index (χ4n) is 0.260. The van der Waals surface area contributed by atoms with Crippen LogP contribution in [-0.2, 0) is 9.59 Å². The van der Waals surface area contributed by atoms with Crippen molar-refractivity contribution in [3.8, 4) is 0 Å². The van der Waals surface area contributed by atoms with Crippen molar-refractivity contribution in [2.75, 3.05) is 0 Å². The first-order valence-corrected chi connectivity index (χ1v) is 2.41. The summed E-state index contributed by atoms with van der Waals surface area (Å²) in [6.45, 7) is 1.62. The lowest BCUT2D eigenvalue weighted by atomic mass is 10.1. The molecule has 0 fully saturated rings. The van der Waals surface area contributed by atoms with Crippen LogP contribution in [0, 0.1) is 5.92 Å². The van der Waals surface area contributed by atoms with Crippen LogP contribution in [-0.4, -0.2) is 12.2 Å². The van der Waals surface area contributed by atoms with E-state index < -0.39 is 5.91 Å². The molecule has 0 unspecified atom stereocenters. The Bertz CT molecular complexity index is 101. The van der Waals surface area contributed by atoms with Crippen molar-refractivity contribution in [2.45, 2.75) is 13.3 Å². The Balaban J connectivity index is 3.46. The van der Waals surface area contributed by atoms with Gasteiger partial charge in [-0.2, -0.15) is 0 Å². The fourth-order valence-corrected chi connectivity index (χ4v) is 0.260. The van der Waals surface area contributed by atoms with E-state index in [2.05, 4.69) is 0 Å². The number of aldehydes is 1. The zero-order valence-electron chi connectivity index (χ0n) is 4.76. The van der Waals surface area contributed by atoms with Gasteiger partial charge in [-0.3, -0.25) is 4.79 Å². The first kappa shape index (κ1) is 7.14. The topological polar surface area (TPSA) is 60.2 Å². The molecule has 0 saturated carbocycles. The number of primary amides is 1. The van der Waals surface area contributed by atoms with E-state index in [1.807, 2.05) is 0 Å². The van der Waals surface area contributed by atoms with Crippen LogP contribution >= 0.6 is 0 Å². The van der Waals surface area contributed by atoms with E-state index in [0.717, 1.165) is 0 Å². The SMILES string of the molecule is C[C@H](CC=O)C(N)=O. The van der Waals surface area contributed by atoms with Gasteiger partial charge in [0.25, 0.3) is 0 Å². The van der Waals surface area contributed by atoms with Gasteiger partial charge < -0.3 is 10.5 Å². The zero-order valence-corrected chi connectivity index (χ0v) is 4.76. The van der Waals surface area contributed by atoms with Gasteiger partial charge in [0.2, 0.25) is 5.91 Å². The normalized spacial score (nSPS) is 12.6. The quantitative estimate of drug-likeness (QED) is 0.513. The van der Waals surface area contributed by atoms with Gasteiger partial charge in [-0.25, -0.2) is 0 Å². The summed E-state index contributed by atoms with van der Waals surface area (Å²) in [5, 5.41) is 0. The number of hydrogen-bond donors (Lipinski definition) is 1. The van der Waals surface area contributed by atoms with Crippen molar-refractivity contribution in [3.63, 3.8) is 0 Å². The van der Waals surface area contributed by atoms with Crippen molar-refractivity contribution in [2.24, 2.45) is 11.7 Å². The van der Waals surface area contributed by atoms with Gasteiger partial charge in [-0.15, -0.1) is 0 Å². The Morgan fingerprint density at radius 2 is 2.38 bits per heavy atom. The molecule has 0 aromatic heterocycles. The second kappa shape index (κ2) is 3.18. The lowest BCUT2D eigenvalue weighted by molar-refractivity contribution is -0.123. The molecule has 1 atom stereocenters. The van der Waals surface area contributed by atoms with E-state index >= 15 is 0 Å². The van der Waals surface area contributed by atoms with Gasteiger partial charge in [0.05, 0.1) is 0 Å². The summed E-state index contributed by atoms with van der Waals surface area (Å²) in [5.41, 5.74) is 4.82. The molecule has 3 heteroatoms. The number of carbonyl (C=O) groups excluding carboxylic acids is 2. The highest BCUT2D eigenvalue weighted by Gasteiger charge is 2.05. The molecule has 0 aliphatic heterocycles. The maximum Gasteiger partial charge on any atom is 0.220 e. The predicted molar refractivity (Wildman–Crippen MR) is 29.0 cm³/mol. The van der Waals surface area contributed by atoms with E-state index in [4.69, 9.17) is 5.73 Å².